The highest BCUT2D eigenvalue weighted by Gasteiger charge is 2.38. The zero-order valence-corrected chi connectivity index (χ0v) is 11.8. The minimum Gasteiger partial charge on any atom is -0.481 e. The molecule has 0 saturated carbocycles. The molecule has 1 aliphatic rings. The van der Waals surface area contributed by atoms with E-state index in [4.69, 9.17) is 10.8 Å². The summed E-state index contributed by atoms with van der Waals surface area (Å²) in [4.78, 5) is 35.9. The number of benzene rings is 1. The maximum atomic E-state index is 12.1. The van der Waals surface area contributed by atoms with Gasteiger partial charge in [-0.15, -0.1) is 0 Å². The molecular weight excluding hydrogens is 272 g/mol. The van der Waals surface area contributed by atoms with E-state index in [1.54, 1.807) is 0 Å². The fourth-order valence-electron chi connectivity index (χ4n) is 2.59. The van der Waals surface area contributed by atoms with Crippen molar-refractivity contribution in [2.75, 3.05) is 6.54 Å². The zero-order chi connectivity index (χ0) is 15.6. The number of aliphatic carboxylic acids is 1. The van der Waals surface area contributed by atoms with Gasteiger partial charge in [-0.25, -0.2) is 0 Å². The van der Waals surface area contributed by atoms with Crippen molar-refractivity contribution in [3.63, 3.8) is 0 Å². The smallest absolute Gasteiger partial charge is 0.305 e. The maximum absolute atomic E-state index is 12.1. The standard InChI is InChI=1S/C15H18N2O4/c1-9-2-4-10(5-3-9)12(7-14(19)20)17-8-11(15(16)21)6-13(17)18/h2-5,11-12H,6-8H2,1H3,(H2,16,21)(H,19,20). The summed E-state index contributed by atoms with van der Waals surface area (Å²) < 4.78 is 0. The molecule has 1 saturated heterocycles. The third-order valence-corrected chi connectivity index (χ3v) is 3.77. The molecule has 1 aromatic carbocycles. The van der Waals surface area contributed by atoms with Crippen molar-refractivity contribution in [2.24, 2.45) is 11.7 Å². The van der Waals surface area contributed by atoms with Gasteiger partial charge in [0, 0.05) is 13.0 Å². The lowest BCUT2D eigenvalue weighted by Gasteiger charge is -2.27. The van der Waals surface area contributed by atoms with E-state index in [-0.39, 0.29) is 25.3 Å². The predicted molar refractivity (Wildman–Crippen MR) is 75.2 cm³/mol. The van der Waals surface area contributed by atoms with Crippen LogP contribution in [0.1, 0.15) is 30.0 Å². The zero-order valence-electron chi connectivity index (χ0n) is 11.8. The lowest BCUT2D eigenvalue weighted by atomic mass is 10.0. The lowest BCUT2D eigenvalue weighted by molar-refractivity contribution is -0.139. The second-order valence-electron chi connectivity index (χ2n) is 5.37. The molecule has 21 heavy (non-hydrogen) atoms. The summed E-state index contributed by atoms with van der Waals surface area (Å²) in [5.74, 6) is -2.29. The van der Waals surface area contributed by atoms with Gasteiger partial charge in [-0.3, -0.25) is 14.4 Å². The molecule has 112 valence electrons. The van der Waals surface area contributed by atoms with Gasteiger partial charge in [-0.05, 0) is 12.5 Å². The van der Waals surface area contributed by atoms with Gasteiger partial charge in [-0.2, -0.15) is 0 Å². The highest BCUT2D eigenvalue weighted by molar-refractivity contribution is 5.89. The van der Waals surface area contributed by atoms with Crippen LogP contribution in [0.25, 0.3) is 0 Å². The van der Waals surface area contributed by atoms with Crippen molar-refractivity contribution in [2.45, 2.75) is 25.8 Å². The van der Waals surface area contributed by atoms with Gasteiger partial charge in [0.2, 0.25) is 11.8 Å². The Balaban J connectivity index is 2.28. The number of carbonyl (C=O) groups is 3. The number of hydrogen-bond donors (Lipinski definition) is 2. The third kappa shape index (κ3) is 3.39. The first-order valence-electron chi connectivity index (χ1n) is 6.75. The minimum atomic E-state index is -0.990. The SMILES string of the molecule is Cc1ccc(C(CC(=O)O)N2CC(C(N)=O)CC2=O)cc1. The van der Waals surface area contributed by atoms with Crippen LogP contribution in [0.4, 0.5) is 0 Å². The Bertz CT molecular complexity index is 568. The highest BCUT2D eigenvalue weighted by atomic mass is 16.4. The van der Waals surface area contributed by atoms with E-state index in [9.17, 15) is 14.4 Å². The number of aryl methyl sites for hydroxylation is 1. The van der Waals surface area contributed by atoms with Crippen LogP contribution < -0.4 is 5.73 Å². The number of carboxylic acids is 1. The van der Waals surface area contributed by atoms with E-state index in [0.29, 0.717) is 0 Å². The molecule has 0 spiro atoms. The van der Waals surface area contributed by atoms with Crippen molar-refractivity contribution >= 4 is 17.8 Å². The number of nitrogens with zero attached hydrogens (tertiary/aromatic N) is 1. The number of carbonyl (C=O) groups excluding carboxylic acids is 2. The molecule has 1 fully saturated rings. The average molecular weight is 290 g/mol. The third-order valence-electron chi connectivity index (χ3n) is 3.77. The van der Waals surface area contributed by atoms with Gasteiger partial charge in [0.15, 0.2) is 0 Å². The fourth-order valence-corrected chi connectivity index (χ4v) is 2.59. The van der Waals surface area contributed by atoms with Crippen LogP contribution in [0.5, 0.6) is 0 Å². The molecule has 0 aromatic heterocycles. The number of amides is 2. The second-order valence-corrected chi connectivity index (χ2v) is 5.37. The molecule has 1 aliphatic heterocycles. The molecule has 2 unspecified atom stereocenters. The van der Waals surface area contributed by atoms with E-state index < -0.39 is 23.8 Å². The first-order valence-corrected chi connectivity index (χ1v) is 6.75. The number of hydrogen-bond acceptors (Lipinski definition) is 3. The second kappa shape index (κ2) is 5.95. The predicted octanol–water partition coefficient (Wildman–Crippen LogP) is 0.845. The number of nitrogens with two attached hydrogens (primary N) is 1. The molecule has 2 rings (SSSR count). The Hall–Kier alpha value is -2.37. The molecule has 0 bridgehead atoms. The van der Waals surface area contributed by atoms with Crippen LogP contribution in [0.3, 0.4) is 0 Å². The van der Waals surface area contributed by atoms with Crippen LogP contribution in [0.2, 0.25) is 0 Å². The summed E-state index contributed by atoms with van der Waals surface area (Å²) in [6.07, 6.45) is -0.141. The monoisotopic (exact) mass is 290 g/mol. The maximum Gasteiger partial charge on any atom is 0.305 e. The summed E-state index contributed by atoms with van der Waals surface area (Å²) in [7, 11) is 0. The molecule has 6 nitrogen and oxygen atoms in total. The molecule has 3 N–H and O–H groups in total. The summed E-state index contributed by atoms with van der Waals surface area (Å²) in [5.41, 5.74) is 7.05. The van der Waals surface area contributed by atoms with E-state index in [1.807, 2.05) is 31.2 Å². The van der Waals surface area contributed by atoms with Gasteiger partial charge >= 0.3 is 5.97 Å². The van der Waals surface area contributed by atoms with E-state index in [2.05, 4.69) is 0 Å². The van der Waals surface area contributed by atoms with Gasteiger partial charge in [0.25, 0.3) is 0 Å². The topological polar surface area (TPSA) is 101 Å². The van der Waals surface area contributed by atoms with Crippen LogP contribution in [0.15, 0.2) is 24.3 Å². The van der Waals surface area contributed by atoms with E-state index >= 15 is 0 Å². The number of likely N-dealkylation sites (tertiary alicyclic amines) is 1. The van der Waals surface area contributed by atoms with Crippen LogP contribution >= 0.6 is 0 Å². The molecular formula is C15H18N2O4. The van der Waals surface area contributed by atoms with Crippen molar-refractivity contribution in [3.8, 4) is 0 Å². The summed E-state index contributed by atoms with van der Waals surface area (Å²) in [5, 5.41) is 9.09. The Morgan fingerprint density at radius 1 is 1.38 bits per heavy atom. The van der Waals surface area contributed by atoms with Gasteiger partial charge in [0.05, 0.1) is 18.4 Å². The molecule has 2 atom stereocenters. The number of carboxylic acid groups (broad SMARTS) is 1. The Morgan fingerprint density at radius 3 is 2.48 bits per heavy atom. The summed E-state index contributed by atoms with van der Waals surface area (Å²) in [6.45, 7) is 2.11. The molecule has 1 aromatic rings. The van der Waals surface area contributed by atoms with Gasteiger partial charge < -0.3 is 15.7 Å². The van der Waals surface area contributed by atoms with Crippen molar-refractivity contribution in [1.82, 2.24) is 4.90 Å². The molecule has 1 heterocycles. The molecule has 0 radical (unpaired) electrons. The molecule has 0 aliphatic carbocycles. The van der Waals surface area contributed by atoms with Gasteiger partial charge in [0.1, 0.15) is 0 Å². The highest BCUT2D eigenvalue weighted by Crippen LogP contribution is 2.31. The largest absolute Gasteiger partial charge is 0.481 e. The van der Waals surface area contributed by atoms with Crippen LogP contribution in [-0.4, -0.2) is 34.3 Å². The first kappa shape index (κ1) is 15.0. The van der Waals surface area contributed by atoms with E-state index in [0.717, 1.165) is 11.1 Å². The quantitative estimate of drug-likeness (QED) is 0.839. The Morgan fingerprint density at radius 2 is 2.00 bits per heavy atom. The Kier molecular flexibility index (Phi) is 4.26. The van der Waals surface area contributed by atoms with E-state index in [1.165, 1.54) is 4.90 Å². The first-order chi connectivity index (χ1) is 9.88. The number of primary amides is 1. The number of rotatable bonds is 5. The average Bonchev–Trinajstić information content (AvgIpc) is 2.79. The van der Waals surface area contributed by atoms with Crippen molar-refractivity contribution in [1.29, 1.82) is 0 Å². The van der Waals surface area contributed by atoms with Crippen molar-refractivity contribution < 1.29 is 19.5 Å². The Labute approximate surface area is 122 Å². The van der Waals surface area contributed by atoms with Gasteiger partial charge in [-0.1, -0.05) is 29.8 Å². The molecule has 2 amide bonds. The van der Waals surface area contributed by atoms with Crippen LogP contribution in [0, 0.1) is 12.8 Å². The minimum absolute atomic E-state index is 0.0529. The lowest BCUT2D eigenvalue weighted by Crippen LogP contribution is -2.33. The molecule has 6 heteroatoms. The normalized spacial score (nSPS) is 19.6. The summed E-state index contributed by atoms with van der Waals surface area (Å²) in [6, 6.07) is 6.80. The fraction of sp³-hybridized carbons (Fsp3) is 0.400. The summed E-state index contributed by atoms with van der Waals surface area (Å²) >= 11 is 0. The van der Waals surface area contributed by atoms with Crippen molar-refractivity contribution in [3.05, 3.63) is 35.4 Å². The van der Waals surface area contributed by atoms with Crippen LogP contribution in [-0.2, 0) is 14.4 Å².